The summed E-state index contributed by atoms with van der Waals surface area (Å²) >= 11 is 0. The van der Waals surface area contributed by atoms with Crippen molar-refractivity contribution in [1.29, 1.82) is 0 Å². The SMILES string of the molecule is Cc1c(F)cccc1C1(C(=O)NO)Cc2cnn(-c3cnccn3)c2C1. The third-order valence-corrected chi connectivity index (χ3v) is 5.00. The van der Waals surface area contributed by atoms with Crippen molar-refractivity contribution in [3.05, 3.63) is 71.2 Å². The van der Waals surface area contributed by atoms with Crippen molar-refractivity contribution in [2.45, 2.75) is 25.2 Å². The third kappa shape index (κ3) is 2.30. The molecule has 4 rings (SSSR count). The minimum atomic E-state index is -1.11. The van der Waals surface area contributed by atoms with E-state index in [1.54, 1.807) is 54.0 Å². The quantitative estimate of drug-likeness (QED) is 0.552. The molecule has 0 radical (unpaired) electrons. The highest BCUT2D eigenvalue weighted by atomic mass is 19.1. The largest absolute Gasteiger partial charge is 0.289 e. The molecule has 0 fully saturated rings. The van der Waals surface area contributed by atoms with Gasteiger partial charge in [0, 0.05) is 18.8 Å². The Labute approximate surface area is 148 Å². The van der Waals surface area contributed by atoms with Crippen LogP contribution in [0.4, 0.5) is 4.39 Å². The van der Waals surface area contributed by atoms with Crippen LogP contribution in [0.1, 0.15) is 22.4 Å². The van der Waals surface area contributed by atoms with E-state index in [1.807, 2.05) is 0 Å². The summed E-state index contributed by atoms with van der Waals surface area (Å²) in [5.41, 5.74) is 3.22. The maximum absolute atomic E-state index is 14.1. The zero-order valence-corrected chi connectivity index (χ0v) is 14.0. The Balaban J connectivity index is 1.85. The molecule has 0 saturated carbocycles. The zero-order chi connectivity index (χ0) is 18.3. The van der Waals surface area contributed by atoms with E-state index < -0.39 is 11.3 Å². The van der Waals surface area contributed by atoms with Gasteiger partial charge in [-0.05, 0) is 36.1 Å². The fourth-order valence-electron chi connectivity index (χ4n) is 3.72. The molecule has 3 aromatic rings. The van der Waals surface area contributed by atoms with Crippen molar-refractivity contribution in [1.82, 2.24) is 25.2 Å². The number of aromatic nitrogens is 4. The van der Waals surface area contributed by atoms with Crippen LogP contribution in [0.15, 0.2) is 43.0 Å². The summed E-state index contributed by atoms with van der Waals surface area (Å²) < 4.78 is 15.8. The number of rotatable bonds is 3. The minimum absolute atomic E-state index is 0.260. The van der Waals surface area contributed by atoms with Crippen LogP contribution >= 0.6 is 0 Å². The van der Waals surface area contributed by atoms with Crippen molar-refractivity contribution >= 4 is 5.91 Å². The first kappa shape index (κ1) is 16.3. The number of halogens is 1. The van der Waals surface area contributed by atoms with Crippen molar-refractivity contribution in [2.75, 3.05) is 0 Å². The summed E-state index contributed by atoms with van der Waals surface area (Å²) in [4.78, 5) is 21.0. The van der Waals surface area contributed by atoms with E-state index in [1.165, 1.54) is 6.07 Å². The molecule has 1 aromatic carbocycles. The van der Waals surface area contributed by atoms with Crippen LogP contribution in [0, 0.1) is 12.7 Å². The van der Waals surface area contributed by atoms with Crippen molar-refractivity contribution in [2.24, 2.45) is 0 Å². The van der Waals surface area contributed by atoms with Crippen LogP contribution in [-0.4, -0.2) is 30.9 Å². The Hall–Kier alpha value is -3.13. The molecular formula is C18H16FN5O2. The van der Waals surface area contributed by atoms with Gasteiger partial charge in [0.2, 0.25) is 0 Å². The molecule has 2 N–H and O–H groups in total. The minimum Gasteiger partial charge on any atom is -0.289 e. The Morgan fingerprint density at radius 3 is 2.88 bits per heavy atom. The Bertz CT molecular complexity index is 989. The molecule has 1 unspecified atom stereocenters. The number of amides is 1. The third-order valence-electron chi connectivity index (χ3n) is 5.00. The van der Waals surface area contributed by atoms with E-state index in [0.29, 0.717) is 23.4 Å². The molecular weight excluding hydrogens is 337 g/mol. The van der Waals surface area contributed by atoms with Gasteiger partial charge in [-0.1, -0.05) is 12.1 Å². The molecule has 0 saturated heterocycles. The average molecular weight is 353 g/mol. The zero-order valence-electron chi connectivity index (χ0n) is 14.0. The van der Waals surface area contributed by atoms with Crippen LogP contribution in [0.5, 0.6) is 0 Å². The van der Waals surface area contributed by atoms with E-state index in [4.69, 9.17) is 0 Å². The molecule has 0 aliphatic heterocycles. The lowest BCUT2D eigenvalue weighted by Crippen LogP contribution is -2.45. The van der Waals surface area contributed by atoms with Gasteiger partial charge in [0.15, 0.2) is 5.82 Å². The van der Waals surface area contributed by atoms with Crippen molar-refractivity contribution in [3.63, 3.8) is 0 Å². The lowest BCUT2D eigenvalue weighted by atomic mass is 9.75. The first-order chi connectivity index (χ1) is 12.6. The van der Waals surface area contributed by atoms with E-state index in [9.17, 15) is 14.4 Å². The number of hydrogen-bond acceptors (Lipinski definition) is 5. The van der Waals surface area contributed by atoms with Crippen LogP contribution in [0.3, 0.4) is 0 Å². The Morgan fingerprint density at radius 1 is 1.31 bits per heavy atom. The van der Waals surface area contributed by atoms with Gasteiger partial charge in [0.25, 0.3) is 5.91 Å². The molecule has 8 heteroatoms. The highest BCUT2D eigenvalue weighted by Crippen LogP contribution is 2.42. The van der Waals surface area contributed by atoms with Crippen LogP contribution < -0.4 is 5.48 Å². The first-order valence-electron chi connectivity index (χ1n) is 8.09. The highest BCUT2D eigenvalue weighted by molar-refractivity contribution is 5.89. The Kier molecular flexibility index (Phi) is 3.77. The number of hydroxylamine groups is 1. The van der Waals surface area contributed by atoms with Gasteiger partial charge >= 0.3 is 0 Å². The second-order valence-corrected chi connectivity index (χ2v) is 6.38. The van der Waals surface area contributed by atoms with Gasteiger partial charge in [0.1, 0.15) is 5.82 Å². The van der Waals surface area contributed by atoms with Gasteiger partial charge in [-0.15, -0.1) is 0 Å². The van der Waals surface area contributed by atoms with Crippen molar-refractivity contribution in [3.8, 4) is 5.82 Å². The maximum Gasteiger partial charge on any atom is 0.254 e. The van der Waals surface area contributed by atoms with E-state index >= 15 is 0 Å². The second-order valence-electron chi connectivity index (χ2n) is 6.38. The molecule has 1 aliphatic rings. The molecule has 2 aromatic heterocycles. The van der Waals surface area contributed by atoms with Crippen LogP contribution in [0.2, 0.25) is 0 Å². The highest BCUT2D eigenvalue weighted by Gasteiger charge is 2.48. The van der Waals surface area contributed by atoms with Crippen LogP contribution in [-0.2, 0) is 23.1 Å². The number of hydrogen-bond donors (Lipinski definition) is 2. The molecule has 0 spiro atoms. The molecule has 1 aliphatic carbocycles. The predicted molar refractivity (Wildman–Crippen MR) is 89.3 cm³/mol. The number of fused-ring (bicyclic) bond motifs is 1. The van der Waals surface area contributed by atoms with Crippen molar-refractivity contribution < 1.29 is 14.4 Å². The summed E-state index contributed by atoms with van der Waals surface area (Å²) in [6.07, 6.45) is 6.93. The number of nitrogens with one attached hydrogen (secondary N) is 1. The van der Waals surface area contributed by atoms with Gasteiger partial charge in [-0.3, -0.25) is 15.0 Å². The summed E-state index contributed by atoms with van der Waals surface area (Å²) in [7, 11) is 0. The van der Waals surface area contributed by atoms with Crippen LogP contribution in [0.25, 0.3) is 5.82 Å². The summed E-state index contributed by atoms with van der Waals surface area (Å²) in [6, 6.07) is 4.65. The first-order valence-corrected chi connectivity index (χ1v) is 8.09. The van der Waals surface area contributed by atoms with E-state index in [2.05, 4.69) is 15.1 Å². The normalized spacial score (nSPS) is 18.6. The monoisotopic (exact) mass is 353 g/mol. The van der Waals surface area contributed by atoms with E-state index in [-0.39, 0.29) is 12.2 Å². The van der Waals surface area contributed by atoms with Gasteiger partial charge < -0.3 is 0 Å². The van der Waals surface area contributed by atoms with Gasteiger partial charge in [-0.25, -0.2) is 19.5 Å². The number of carbonyl (C=O) groups excluding carboxylic acids is 1. The number of carbonyl (C=O) groups is 1. The number of nitrogens with zero attached hydrogens (tertiary/aromatic N) is 4. The topological polar surface area (TPSA) is 92.9 Å². The molecule has 0 bridgehead atoms. The molecule has 7 nitrogen and oxygen atoms in total. The number of benzene rings is 1. The smallest absolute Gasteiger partial charge is 0.254 e. The molecule has 26 heavy (non-hydrogen) atoms. The molecule has 1 atom stereocenters. The lowest BCUT2D eigenvalue weighted by Gasteiger charge is -2.29. The summed E-state index contributed by atoms with van der Waals surface area (Å²) in [5.74, 6) is -0.433. The molecule has 1 amide bonds. The summed E-state index contributed by atoms with van der Waals surface area (Å²) in [5, 5.41) is 13.7. The van der Waals surface area contributed by atoms with Gasteiger partial charge in [-0.2, -0.15) is 5.10 Å². The fraction of sp³-hybridized carbons (Fsp3) is 0.222. The Morgan fingerprint density at radius 2 is 2.15 bits per heavy atom. The second kappa shape index (κ2) is 5.99. The summed E-state index contributed by atoms with van der Waals surface area (Å²) in [6.45, 7) is 1.63. The average Bonchev–Trinajstić information content (AvgIpc) is 3.22. The lowest BCUT2D eigenvalue weighted by molar-refractivity contribution is -0.135. The van der Waals surface area contributed by atoms with Gasteiger partial charge in [0.05, 0.1) is 23.5 Å². The standard InChI is InChI=1S/C18H16FN5O2/c1-11-13(3-2-4-14(11)19)18(17(25)23-26)7-12-9-22-24(15(12)8-18)16-10-20-5-6-21-16/h2-6,9-10,26H,7-8H2,1H3,(H,23,25). The molecule has 2 heterocycles. The maximum atomic E-state index is 14.1. The molecule has 132 valence electrons. The predicted octanol–water partition coefficient (Wildman–Crippen LogP) is 1.65. The fourth-order valence-corrected chi connectivity index (χ4v) is 3.72. The van der Waals surface area contributed by atoms with E-state index in [0.717, 1.165) is 11.3 Å².